The van der Waals surface area contributed by atoms with Gasteiger partial charge in [-0.3, -0.25) is 4.90 Å². The number of rotatable bonds is 3. The maximum absolute atomic E-state index is 6.34. The zero-order valence-electron chi connectivity index (χ0n) is 16.6. The number of hydrogen-bond acceptors (Lipinski definition) is 4. The molecule has 0 amide bonds. The van der Waals surface area contributed by atoms with E-state index in [-0.39, 0.29) is 0 Å². The van der Waals surface area contributed by atoms with Crippen LogP contribution < -0.4 is 4.57 Å². The minimum absolute atomic E-state index is 0.820. The summed E-state index contributed by atoms with van der Waals surface area (Å²) in [6.07, 6.45) is 0. The van der Waals surface area contributed by atoms with Crippen LogP contribution in [-0.2, 0) is 11.3 Å². The molecule has 7 rings (SSSR count). The Kier molecular flexibility index (Phi) is 3.42. The Morgan fingerprint density at radius 1 is 0.700 bits per heavy atom. The van der Waals surface area contributed by atoms with Gasteiger partial charge in [-0.1, -0.05) is 18.2 Å². The van der Waals surface area contributed by atoms with Crippen molar-refractivity contribution in [3.8, 4) is 11.1 Å². The highest BCUT2D eigenvalue weighted by atomic mass is 16.5. The maximum atomic E-state index is 6.34. The number of nitrogens with zero attached hydrogens (tertiary/aromatic N) is 2. The number of hydrogen-bond donors (Lipinski definition) is 0. The summed E-state index contributed by atoms with van der Waals surface area (Å²) in [6.45, 7) is 5.54. The van der Waals surface area contributed by atoms with Gasteiger partial charge in [0.2, 0.25) is 11.0 Å². The summed E-state index contributed by atoms with van der Waals surface area (Å²) in [7, 11) is 0. The molecule has 4 aromatic rings. The summed E-state index contributed by atoms with van der Waals surface area (Å²) in [4.78, 5) is 2.48. The molecule has 5 heteroatoms. The van der Waals surface area contributed by atoms with Gasteiger partial charge in [0.1, 0.15) is 22.3 Å². The standard InChI is InChI=1S/C25H21N2O3/c1-4-16-22-18(6-1)29-20-8-3-9-21-24(20)25(22)23-17(5-2-7-19(23)30-21)27(16)11-10-26-12-14-28-15-13-26/h1-9H,10-15H2/q+1. The number of morpholine rings is 1. The smallest absolute Gasteiger partial charge is 0.217 e. The van der Waals surface area contributed by atoms with E-state index in [0.29, 0.717) is 0 Å². The van der Waals surface area contributed by atoms with Crippen molar-refractivity contribution in [1.29, 1.82) is 0 Å². The first-order valence-corrected chi connectivity index (χ1v) is 10.6. The van der Waals surface area contributed by atoms with Gasteiger partial charge in [0.15, 0.2) is 6.54 Å². The third-order valence-electron chi connectivity index (χ3n) is 6.51. The van der Waals surface area contributed by atoms with Gasteiger partial charge in [0.25, 0.3) is 0 Å². The quantitative estimate of drug-likeness (QED) is 0.248. The Labute approximate surface area is 172 Å². The summed E-state index contributed by atoms with van der Waals surface area (Å²) in [5.41, 5.74) is 8.33. The van der Waals surface area contributed by atoms with E-state index in [9.17, 15) is 0 Å². The highest BCUT2D eigenvalue weighted by Crippen LogP contribution is 2.46. The van der Waals surface area contributed by atoms with Crippen LogP contribution in [0.15, 0.2) is 63.4 Å². The van der Waals surface area contributed by atoms with Crippen LogP contribution >= 0.6 is 0 Å². The molecule has 30 heavy (non-hydrogen) atoms. The van der Waals surface area contributed by atoms with Gasteiger partial charge in [-0.05, 0) is 24.3 Å². The topological polar surface area (TPSA) is 42.6 Å². The average molecular weight is 397 g/mol. The van der Waals surface area contributed by atoms with Gasteiger partial charge in [0, 0.05) is 30.8 Å². The lowest BCUT2D eigenvalue weighted by Crippen LogP contribution is -2.45. The van der Waals surface area contributed by atoms with Crippen molar-refractivity contribution in [3.05, 3.63) is 54.6 Å². The fraction of sp³-hybridized carbons (Fsp3) is 0.240. The monoisotopic (exact) mass is 397 g/mol. The largest absolute Gasteiger partial charge is 0.456 e. The molecule has 148 valence electrons. The highest BCUT2D eigenvalue weighted by molar-refractivity contribution is 6.22. The first-order chi connectivity index (χ1) is 14.9. The van der Waals surface area contributed by atoms with Crippen LogP contribution in [0.1, 0.15) is 0 Å². The maximum Gasteiger partial charge on any atom is 0.217 e. The molecule has 0 unspecified atom stereocenters. The summed E-state index contributed by atoms with van der Waals surface area (Å²) in [6, 6.07) is 18.8. The molecule has 0 saturated carbocycles. The molecule has 3 aromatic carbocycles. The van der Waals surface area contributed by atoms with Crippen LogP contribution in [0.4, 0.5) is 0 Å². The molecule has 0 spiro atoms. The first-order valence-electron chi connectivity index (χ1n) is 10.6. The van der Waals surface area contributed by atoms with Crippen molar-refractivity contribution in [2.24, 2.45) is 0 Å². The van der Waals surface area contributed by atoms with Crippen LogP contribution in [-0.4, -0.2) is 37.7 Å². The molecule has 0 N–H and O–H groups in total. The SMILES string of the molecule is c1cc2oc3cccc4c3c3c5c(cccc5[n+]4CCN4CCOCC4)oc(c1)c2-3. The zero-order valence-corrected chi connectivity index (χ0v) is 16.6. The van der Waals surface area contributed by atoms with Crippen molar-refractivity contribution in [1.82, 2.24) is 4.90 Å². The van der Waals surface area contributed by atoms with Crippen molar-refractivity contribution >= 4 is 44.1 Å². The van der Waals surface area contributed by atoms with E-state index in [4.69, 9.17) is 13.6 Å². The molecule has 0 aliphatic carbocycles. The van der Waals surface area contributed by atoms with Crippen LogP contribution in [0, 0.1) is 0 Å². The minimum Gasteiger partial charge on any atom is -0.456 e. The molecular formula is C25H21N2O3+. The van der Waals surface area contributed by atoms with Crippen molar-refractivity contribution in [2.45, 2.75) is 6.54 Å². The third kappa shape index (κ3) is 2.22. The van der Waals surface area contributed by atoms with E-state index < -0.39 is 0 Å². The van der Waals surface area contributed by atoms with E-state index in [1.54, 1.807) is 0 Å². The molecule has 0 atom stereocenters. The predicted molar refractivity (Wildman–Crippen MR) is 116 cm³/mol. The second-order valence-electron chi connectivity index (χ2n) is 8.11. The summed E-state index contributed by atoms with van der Waals surface area (Å²) >= 11 is 0. The summed E-state index contributed by atoms with van der Waals surface area (Å²) < 4.78 is 20.6. The van der Waals surface area contributed by atoms with Gasteiger partial charge in [-0.25, -0.2) is 0 Å². The van der Waals surface area contributed by atoms with E-state index in [0.717, 1.165) is 67.3 Å². The first kappa shape index (κ1) is 16.6. The lowest BCUT2D eigenvalue weighted by molar-refractivity contribution is -0.645. The van der Waals surface area contributed by atoms with Crippen LogP contribution in [0.5, 0.6) is 0 Å². The minimum atomic E-state index is 0.820. The second kappa shape index (κ2) is 6.17. The van der Waals surface area contributed by atoms with E-state index in [1.165, 1.54) is 27.4 Å². The predicted octanol–water partition coefficient (Wildman–Crippen LogP) is 4.65. The molecule has 5 nitrogen and oxygen atoms in total. The molecule has 1 fully saturated rings. The Hall–Kier alpha value is -3.15. The molecule has 3 aliphatic heterocycles. The van der Waals surface area contributed by atoms with Crippen LogP contribution in [0.25, 0.3) is 55.3 Å². The van der Waals surface area contributed by atoms with Crippen molar-refractivity contribution in [3.63, 3.8) is 0 Å². The Morgan fingerprint density at radius 3 is 1.90 bits per heavy atom. The molecule has 0 bridgehead atoms. The van der Waals surface area contributed by atoms with E-state index in [2.05, 4.69) is 45.9 Å². The van der Waals surface area contributed by atoms with Gasteiger partial charge in [-0.15, -0.1) is 0 Å². The van der Waals surface area contributed by atoms with Crippen molar-refractivity contribution < 1.29 is 18.1 Å². The Morgan fingerprint density at radius 2 is 1.27 bits per heavy atom. The van der Waals surface area contributed by atoms with E-state index >= 15 is 0 Å². The average Bonchev–Trinajstić information content (AvgIpc) is 2.79. The second-order valence-corrected chi connectivity index (χ2v) is 8.11. The van der Waals surface area contributed by atoms with Gasteiger partial charge < -0.3 is 13.6 Å². The fourth-order valence-electron chi connectivity index (χ4n) is 5.14. The molecular weight excluding hydrogens is 376 g/mol. The Bertz CT molecular complexity index is 1390. The number of aromatic nitrogens is 1. The van der Waals surface area contributed by atoms with Gasteiger partial charge in [0.05, 0.1) is 36.1 Å². The fourth-order valence-corrected chi connectivity index (χ4v) is 5.14. The number of benzene rings is 3. The lowest BCUT2D eigenvalue weighted by Gasteiger charge is -2.25. The molecule has 1 aromatic heterocycles. The molecule has 4 heterocycles. The van der Waals surface area contributed by atoms with E-state index in [1.807, 2.05) is 18.2 Å². The molecule has 0 radical (unpaired) electrons. The van der Waals surface area contributed by atoms with Crippen molar-refractivity contribution in [2.75, 3.05) is 32.8 Å². The molecule has 3 aliphatic rings. The summed E-state index contributed by atoms with van der Waals surface area (Å²) in [5.74, 6) is 0. The molecule has 1 saturated heterocycles. The van der Waals surface area contributed by atoms with Gasteiger partial charge >= 0.3 is 0 Å². The van der Waals surface area contributed by atoms with Crippen LogP contribution in [0.2, 0.25) is 0 Å². The summed E-state index contributed by atoms with van der Waals surface area (Å²) in [5, 5.41) is 2.37. The lowest BCUT2D eigenvalue weighted by atomic mass is 9.92. The van der Waals surface area contributed by atoms with Crippen LogP contribution in [0.3, 0.4) is 0 Å². The zero-order chi connectivity index (χ0) is 19.7. The number of ether oxygens (including phenoxy) is 1. The third-order valence-corrected chi connectivity index (χ3v) is 6.51. The highest BCUT2D eigenvalue weighted by Gasteiger charge is 2.30. The Balaban J connectivity index is 1.58. The van der Waals surface area contributed by atoms with Gasteiger partial charge in [-0.2, -0.15) is 4.57 Å². The number of pyridine rings is 1. The normalized spacial score (nSPS) is 16.1.